The zero-order valence-corrected chi connectivity index (χ0v) is 11.8. The zero-order valence-electron chi connectivity index (χ0n) is 9.35. The molecule has 0 saturated carbocycles. The van der Waals surface area contributed by atoms with Crippen molar-refractivity contribution >= 4 is 16.6 Å². The Kier molecular flexibility index (Phi) is 5.51. The number of aliphatic hydroxyl groups excluding tert-OH is 1. The first-order valence-corrected chi connectivity index (χ1v) is 5.07. The van der Waals surface area contributed by atoms with Crippen LogP contribution in [0.25, 0.3) is 10.8 Å². The molecule has 0 unspecified atom stereocenters. The third-order valence-electron chi connectivity index (χ3n) is 2.37. The molecule has 3 heteroatoms. The van der Waals surface area contributed by atoms with Crippen LogP contribution in [0.15, 0.2) is 54.3 Å². The summed E-state index contributed by atoms with van der Waals surface area (Å²) in [5.41, 5.74) is 0.590. The Morgan fingerprint density at radius 2 is 1.76 bits per heavy atom. The average Bonchev–Trinajstić information content (AvgIpc) is 2.27. The van der Waals surface area contributed by atoms with E-state index < -0.39 is 0 Å². The van der Waals surface area contributed by atoms with Crippen LogP contribution in [-0.4, -0.2) is 10.9 Å². The molecule has 0 bridgehead atoms. The SMILES string of the molecule is CC(O)=CC(=O)c1ccc2ccccc2c1.[Eu]. The van der Waals surface area contributed by atoms with Crippen molar-refractivity contribution in [2.24, 2.45) is 0 Å². The molecular weight excluding hydrogens is 352 g/mol. The average molecular weight is 364 g/mol. The van der Waals surface area contributed by atoms with Crippen molar-refractivity contribution in [3.8, 4) is 0 Å². The Bertz CT molecular complexity index is 569. The molecule has 1 radical (unpaired) electrons. The Morgan fingerprint density at radius 3 is 2.41 bits per heavy atom. The second kappa shape index (κ2) is 6.43. The Labute approximate surface area is 141 Å². The number of aliphatic hydroxyl groups is 1. The van der Waals surface area contributed by atoms with Crippen LogP contribution in [0, 0.1) is 49.4 Å². The number of carbonyl (C=O) groups excluding carboxylic acids is 1. The number of carbonyl (C=O) groups is 1. The summed E-state index contributed by atoms with van der Waals surface area (Å²) >= 11 is 0. The number of ketones is 1. The van der Waals surface area contributed by atoms with Gasteiger partial charge in [-0.3, -0.25) is 4.79 Å². The molecule has 0 amide bonds. The summed E-state index contributed by atoms with van der Waals surface area (Å²) in [5.74, 6) is -0.149. The minimum absolute atomic E-state index is 0. The molecule has 0 aliphatic rings. The van der Waals surface area contributed by atoms with E-state index in [0.29, 0.717) is 5.56 Å². The van der Waals surface area contributed by atoms with Gasteiger partial charge in [-0.15, -0.1) is 0 Å². The van der Waals surface area contributed by atoms with Crippen LogP contribution in [0.4, 0.5) is 0 Å². The molecule has 0 heterocycles. The maximum Gasteiger partial charge on any atom is 0.189 e. The summed E-state index contributed by atoms with van der Waals surface area (Å²) in [6.45, 7) is 1.49. The number of hydrogen-bond donors (Lipinski definition) is 1. The van der Waals surface area contributed by atoms with E-state index in [1.54, 1.807) is 6.07 Å². The maximum atomic E-state index is 11.7. The zero-order chi connectivity index (χ0) is 11.5. The van der Waals surface area contributed by atoms with Crippen molar-refractivity contribution in [2.45, 2.75) is 6.92 Å². The minimum atomic E-state index is -0.175. The van der Waals surface area contributed by atoms with Gasteiger partial charge in [0.05, 0.1) is 5.76 Å². The molecule has 2 nitrogen and oxygen atoms in total. The van der Waals surface area contributed by atoms with Gasteiger partial charge in [-0.2, -0.15) is 0 Å². The third-order valence-corrected chi connectivity index (χ3v) is 2.37. The van der Waals surface area contributed by atoms with Crippen LogP contribution in [-0.2, 0) is 0 Å². The topological polar surface area (TPSA) is 37.3 Å². The van der Waals surface area contributed by atoms with Gasteiger partial charge in [-0.1, -0.05) is 36.4 Å². The number of benzene rings is 2. The van der Waals surface area contributed by atoms with Crippen molar-refractivity contribution in [1.82, 2.24) is 0 Å². The van der Waals surface area contributed by atoms with Crippen LogP contribution in [0.3, 0.4) is 0 Å². The van der Waals surface area contributed by atoms with E-state index in [9.17, 15) is 4.79 Å². The molecule has 0 fully saturated rings. The number of rotatable bonds is 2. The molecule has 0 aromatic heterocycles. The maximum absolute atomic E-state index is 11.7. The quantitative estimate of drug-likeness (QED) is 0.503. The van der Waals surface area contributed by atoms with E-state index in [2.05, 4.69) is 0 Å². The minimum Gasteiger partial charge on any atom is -0.512 e. The van der Waals surface area contributed by atoms with Crippen LogP contribution < -0.4 is 0 Å². The molecule has 0 aliphatic heterocycles. The predicted octanol–water partition coefficient (Wildman–Crippen LogP) is 3.48. The Hall–Kier alpha value is -0.506. The first-order valence-electron chi connectivity index (χ1n) is 5.07. The van der Waals surface area contributed by atoms with Crippen molar-refractivity contribution in [2.75, 3.05) is 0 Å². The van der Waals surface area contributed by atoms with Crippen molar-refractivity contribution in [3.05, 3.63) is 59.9 Å². The molecule has 2 rings (SSSR count). The van der Waals surface area contributed by atoms with E-state index in [1.807, 2.05) is 36.4 Å². The summed E-state index contributed by atoms with van der Waals surface area (Å²) in [6.07, 6.45) is 1.23. The summed E-state index contributed by atoms with van der Waals surface area (Å²) < 4.78 is 0. The van der Waals surface area contributed by atoms with Gasteiger partial charge in [-0.25, -0.2) is 0 Å². The van der Waals surface area contributed by atoms with E-state index in [1.165, 1.54) is 13.0 Å². The van der Waals surface area contributed by atoms with Crippen molar-refractivity contribution < 1.29 is 59.3 Å². The molecule has 17 heavy (non-hydrogen) atoms. The predicted molar refractivity (Wildman–Crippen MR) is 64.7 cm³/mol. The van der Waals surface area contributed by atoms with Crippen LogP contribution >= 0.6 is 0 Å². The van der Waals surface area contributed by atoms with E-state index in [0.717, 1.165) is 10.8 Å². The van der Waals surface area contributed by atoms with Gasteiger partial charge in [-0.05, 0) is 23.8 Å². The van der Waals surface area contributed by atoms with Gasteiger partial charge in [0.2, 0.25) is 0 Å². The molecule has 0 aliphatic carbocycles. The molecule has 0 saturated heterocycles. The van der Waals surface area contributed by atoms with Gasteiger partial charge in [0.1, 0.15) is 0 Å². The van der Waals surface area contributed by atoms with Gasteiger partial charge < -0.3 is 5.11 Å². The second-order valence-electron chi connectivity index (χ2n) is 3.71. The van der Waals surface area contributed by atoms with E-state index in [4.69, 9.17) is 5.11 Å². The summed E-state index contributed by atoms with van der Waals surface area (Å²) in [5, 5.41) is 11.2. The molecule has 0 atom stereocenters. The fourth-order valence-corrected chi connectivity index (χ4v) is 1.62. The molecule has 2 aromatic rings. The van der Waals surface area contributed by atoms with Gasteiger partial charge in [0.25, 0.3) is 0 Å². The standard InChI is InChI=1S/C14H12O2.Eu/c1-10(15)8-14(16)13-7-6-11-4-2-3-5-12(11)9-13;/h2-9,15H,1H3;. The number of fused-ring (bicyclic) bond motifs is 1. The van der Waals surface area contributed by atoms with Crippen LogP contribution in [0.5, 0.6) is 0 Å². The molecule has 1 N–H and O–H groups in total. The van der Waals surface area contributed by atoms with Gasteiger partial charge >= 0.3 is 0 Å². The molecule has 0 spiro atoms. The van der Waals surface area contributed by atoms with Gasteiger partial charge in [0, 0.05) is 61.0 Å². The van der Waals surface area contributed by atoms with E-state index >= 15 is 0 Å². The van der Waals surface area contributed by atoms with E-state index in [-0.39, 0.29) is 60.9 Å². The van der Waals surface area contributed by atoms with Crippen molar-refractivity contribution in [1.29, 1.82) is 0 Å². The van der Waals surface area contributed by atoms with Crippen LogP contribution in [0.1, 0.15) is 17.3 Å². The van der Waals surface area contributed by atoms with Crippen molar-refractivity contribution in [3.63, 3.8) is 0 Å². The number of hydrogen-bond acceptors (Lipinski definition) is 2. The largest absolute Gasteiger partial charge is 0.512 e. The fourth-order valence-electron chi connectivity index (χ4n) is 1.62. The third kappa shape index (κ3) is 3.73. The van der Waals surface area contributed by atoms with Gasteiger partial charge in [0.15, 0.2) is 5.78 Å². The first-order chi connectivity index (χ1) is 7.66. The first kappa shape index (κ1) is 14.6. The summed E-state index contributed by atoms with van der Waals surface area (Å²) in [4.78, 5) is 11.7. The number of allylic oxidation sites excluding steroid dienone is 2. The summed E-state index contributed by atoms with van der Waals surface area (Å²) in [6, 6.07) is 13.4. The Morgan fingerprint density at radius 1 is 1.12 bits per heavy atom. The monoisotopic (exact) mass is 365 g/mol. The molecular formula is C14H12EuO2. The smallest absolute Gasteiger partial charge is 0.189 e. The normalized spacial score (nSPS) is 11.0. The summed E-state index contributed by atoms with van der Waals surface area (Å²) in [7, 11) is 0. The van der Waals surface area contributed by atoms with Crippen LogP contribution in [0.2, 0.25) is 0 Å². The fraction of sp³-hybridized carbons (Fsp3) is 0.0714. The second-order valence-corrected chi connectivity index (χ2v) is 3.71. The Balaban J connectivity index is 0.00000144. The molecule has 87 valence electrons. The molecule has 2 aromatic carbocycles.